The van der Waals surface area contributed by atoms with Crippen LogP contribution in [0.25, 0.3) is 5.65 Å². The third-order valence-electron chi connectivity index (χ3n) is 3.03. The molecule has 0 fully saturated rings. The molecule has 0 amide bonds. The van der Waals surface area contributed by atoms with E-state index in [1.165, 1.54) is 0 Å². The standard InChI is InChI=1S/C14H20ClN3O/c15-12-5-6-14-17-13(11-18(14)10-12)9-16-7-3-1-2-4-8-19/h5-6,10-11,16,19H,1-4,7-9H2. The van der Waals surface area contributed by atoms with Gasteiger partial charge >= 0.3 is 0 Å². The molecule has 0 unspecified atom stereocenters. The summed E-state index contributed by atoms with van der Waals surface area (Å²) in [5.41, 5.74) is 1.95. The number of hydrogen-bond acceptors (Lipinski definition) is 3. The summed E-state index contributed by atoms with van der Waals surface area (Å²) in [6, 6.07) is 3.77. The molecule has 0 radical (unpaired) electrons. The molecule has 2 rings (SSSR count). The van der Waals surface area contributed by atoms with Gasteiger partial charge in [0, 0.05) is 25.5 Å². The van der Waals surface area contributed by atoms with Gasteiger partial charge in [0.15, 0.2) is 0 Å². The molecule has 2 aromatic heterocycles. The summed E-state index contributed by atoms with van der Waals surface area (Å²) in [7, 11) is 0. The van der Waals surface area contributed by atoms with Crippen LogP contribution in [-0.2, 0) is 6.54 Å². The molecule has 5 heteroatoms. The molecule has 2 N–H and O–H groups in total. The van der Waals surface area contributed by atoms with Gasteiger partial charge in [-0.2, -0.15) is 0 Å². The van der Waals surface area contributed by atoms with Crippen molar-refractivity contribution in [2.24, 2.45) is 0 Å². The Bertz CT molecular complexity index is 512. The highest BCUT2D eigenvalue weighted by Gasteiger charge is 2.01. The van der Waals surface area contributed by atoms with E-state index >= 15 is 0 Å². The van der Waals surface area contributed by atoms with E-state index in [0.29, 0.717) is 11.6 Å². The number of fused-ring (bicyclic) bond motifs is 1. The zero-order valence-corrected chi connectivity index (χ0v) is 11.7. The van der Waals surface area contributed by atoms with Crippen molar-refractivity contribution in [2.75, 3.05) is 13.2 Å². The van der Waals surface area contributed by atoms with Gasteiger partial charge in [0.2, 0.25) is 0 Å². The van der Waals surface area contributed by atoms with E-state index in [2.05, 4.69) is 10.3 Å². The number of rotatable bonds is 8. The quantitative estimate of drug-likeness (QED) is 0.732. The lowest BCUT2D eigenvalue weighted by atomic mass is 10.2. The van der Waals surface area contributed by atoms with Crippen molar-refractivity contribution in [2.45, 2.75) is 32.2 Å². The normalized spacial score (nSPS) is 11.3. The Balaban J connectivity index is 1.72. The molecular formula is C14H20ClN3O. The summed E-state index contributed by atoms with van der Waals surface area (Å²) in [5, 5.41) is 12.8. The van der Waals surface area contributed by atoms with Crippen LogP contribution in [0.4, 0.5) is 0 Å². The second kappa shape index (κ2) is 7.48. The Kier molecular flexibility index (Phi) is 5.63. The first-order chi connectivity index (χ1) is 9.29. The minimum atomic E-state index is 0.303. The Morgan fingerprint density at radius 3 is 2.84 bits per heavy atom. The summed E-state index contributed by atoms with van der Waals surface area (Å²) in [4.78, 5) is 4.51. The lowest BCUT2D eigenvalue weighted by Gasteiger charge is -2.02. The fourth-order valence-electron chi connectivity index (χ4n) is 2.03. The first-order valence-electron chi connectivity index (χ1n) is 6.74. The molecule has 19 heavy (non-hydrogen) atoms. The number of nitrogens with zero attached hydrogens (tertiary/aromatic N) is 2. The third-order valence-corrected chi connectivity index (χ3v) is 3.26. The summed E-state index contributed by atoms with van der Waals surface area (Å²) in [5.74, 6) is 0. The van der Waals surface area contributed by atoms with E-state index in [-0.39, 0.29) is 0 Å². The zero-order chi connectivity index (χ0) is 13.5. The van der Waals surface area contributed by atoms with Gasteiger partial charge < -0.3 is 14.8 Å². The Morgan fingerprint density at radius 2 is 2.00 bits per heavy atom. The number of nitrogens with one attached hydrogen (secondary N) is 1. The molecule has 0 bridgehead atoms. The largest absolute Gasteiger partial charge is 0.396 e. The predicted molar refractivity (Wildman–Crippen MR) is 77.5 cm³/mol. The highest BCUT2D eigenvalue weighted by atomic mass is 35.5. The molecule has 0 aliphatic rings. The van der Waals surface area contributed by atoms with Crippen molar-refractivity contribution in [1.82, 2.24) is 14.7 Å². The van der Waals surface area contributed by atoms with Crippen LogP contribution in [0.5, 0.6) is 0 Å². The highest BCUT2D eigenvalue weighted by Crippen LogP contribution is 2.11. The molecule has 4 nitrogen and oxygen atoms in total. The van der Waals surface area contributed by atoms with Crippen molar-refractivity contribution >= 4 is 17.2 Å². The second-order valence-electron chi connectivity index (χ2n) is 4.66. The Hall–Kier alpha value is -1.10. The first kappa shape index (κ1) is 14.3. The van der Waals surface area contributed by atoms with E-state index in [1.807, 2.05) is 28.9 Å². The minimum Gasteiger partial charge on any atom is -0.396 e. The van der Waals surface area contributed by atoms with Crippen LogP contribution >= 0.6 is 11.6 Å². The van der Waals surface area contributed by atoms with Gasteiger partial charge in [-0.15, -0.1) is 0 Å². The summed E-state index contributed by atoms with van der Waals surface area (Å²) < 4.78 is 1.95. The number of hydrogen-bond donors (Lipinski definition) is 2. The number of aromatic nitrogens is 2. The van der Waals surface area contributed by atoms with Gasteiger partial charge in [0.1, 0.15) is 5.65 Å². The molecule has 2 heterocycles. The summed E-state index contributed by atoms with van der Waals surface area (Å²) in [6.07, 6.45) is 8.17. The van der Waals surface area contributed by atoms with E-state index in [9.17, 15) is 0 Å². The molecular weight excluding hydrogens is 262 g/mol. The number of imidazole rings is 1. The fraction of sp³-hybridized carbons (Fsp3) is 0.500. The molecule has 0 spiro atoms. The third kappa shape index (κ3) is 4.49. The highest BCUT2D eigenvalue weighted by molar-refractivity contribution is 6.30. The van der Waals surface area contributed by atoms with Gasteiger partial charge in [-0.25, -0.2) is 4.98 Å². The van der Waals surface area contributed by atoms with Crippen molar-refractivity contribution < 1.29 is 5.11 Å². The maximum Gasteiger partial charge on any atom is 0.137 e. The van der Waals surface area contributed by atoms with Gasteiger partial charge in [-0.1, -0.05) is 24.4 Å². The lowest BCUT2D eigenvalue weighted by molar-refractivity contribution is 0.282. The maximum absolute atomic E-state index is 8.67. The Morgan fingerprint density at radius 1 is 1.16 bits per heavy atom. The van der Waals surface area contributed by atoms with Crippen LogP contribution in [0.1, 0.15) is 31.4 Å². The monoisotopic (exact) mass is 281 g/mol. The fourth-order valence-corrected chi connectivity index (χ4v) is 2.20. The predicted octanol–water partition coefficient (Wildman–Crippen LogP) is 2.63. The van der Waals surface area contributed by atoms with Crippen LogP contribution in [0, 0.1) is 0 Å². The van der Waals surface area contributed by atoms with E-state index in [1.54, 1.807) is 0 Å². The number of pyridine rings is 1. The second-order valence-corrected chi connectivity index (χ2v) is 5.10. The maximum atomic E-state index is 8.67. The van der Waals surface area contributed by atoms with Crippen molar-refractivity contribution in [3.8, 4) is 0 Å². The van der Waals surface area contributed by atoms with Crippen molar-refractivity contribution in [3.63, 3.8) is 0 Å². The molecule has 0 aliphatic heterocycles. The van der Waals surface area contributed by atoms with E-state index in [4.69, 9.17) is 16.7 Å². The van der Waals surface area contributed by atoms with Crippen LogP contribution in [0.2, 0.25) is 5.02 Å². The molecule has 0 aromatic carbocycles. The SMILES string of the molecule is OCCCCCCNCc1cn2cc(Cl)ccc2n1. The van der Waals surface area contributed by atoms with Gasteiger partial charge in [-0.3, -0.25) is 0 Å². The van der Waals surface area contributed by atoms with Crippen molar-refractivity contribution in [3.05, 3.63) is 35.2 Å². The number of aliphatic hydroxyl groups excluding tert-OH is 1. The van der Waals surface area contributed by atoms with Crippen LogP contribution in [-0.4, -0.2) is 27.6 Å². The lowest BCUT2D eigenvalue weighted by Crippen LogP contribution is -2.14. The van der Waals surface area contributed by atoms with Gasteiger partial charge in [-0.05, 0) is 31.5 Å². The molecule has 104 valence electrons. The molecule has 0 atom stereocenters. The smallest absolute Gasteiger partial charge is 0.137 e. The van der Waals surface area contributed by atoms with Gasteiger partial charge in [0.05, 0.1) is 10.7 Å². The molecule has 2 aromatic rings. The van der Waals surface area contributed by atoms with E-state index < -0.39 is 0 Å². The van der Waals surface area contributed by atoms with Crippen LogP contribution in [0.15, 0.2) is 24.5 Å². The zero-order valence-electron chi connectivity index (χ0n) is 11.0. The molecule has 0 saturated heterocycles. The van der Waals surface area contributed by atoms with E-state index in [0.717, 1.165) is 50.1 Å². The first-order valence-corrected chi connectivity index (χ1v) is 7.12. The van der Waals surface area contributed by atoms with Crippen LogP contribution in [0.3, 0.4) is 0 Å². The van der Waals surface area contributed by atoms with Crippen molar-refractivity contribution in [1.29, 1.82) is 0 Å². The van der Waals surface area contributed by atoms with Gasteiger partial charge in [0.25, 0.3) is 0 Å². The minimum absolute atomic E-state index is 0.303. The molecule has 0 saturated carbocycles. The number of halogens is 1. The molecule has 0 aliphatic carbocycles. The summed E-state index contributed by atoms with van der Waals surface area (Å²) >= 11 is 5.93. The Labute approximate surface area is 118 Å². The topological polar surface area (TPSA) is 49.6 Å². The number of aliphatic hydroxyl groups is 1. The number of unbranched alkanes of at least 4 members (excludes halogenated alkanes) is 3. The average molecular weight is 282 g/mol. The summed E-state index contributed by atoms with van der Waals surface area (Å²) in [6.45, 7) is 2.07. The average Bonchev–Trinajstić information content (AvgIpc) is 2.79. The van der Waals surface area contributed by atoms with Crippen LogP contribution < -0.4 is 5.32 Å².